The predicted molar refractivity (Wildman–Crippen MR) is 89.5 cm³/mol. The molecule has 1 aliphatic carbocycles. The normalized spacial score (nSPS) is 15.4. The smallest absolute Gasteiger partial charge is 0.221 e. The number of carbonyl (C=O) groups excluding carboxylic acids is 1. The molecule has 1 aromatic carbocycles. The molecule has 0 heterocycles. The number of hydrogen-bond donors (Lipinski definition) is 2. The molecule has 0 radical (unpaired) electrons. The van der Waals surface area contributed by atoms with E-state index in [1.165, 1.54) is 24.0 Å². The molecule has 4 heteroatoms. The maximum Gasteiger partial charge on any atom is 0.221 e. The van der Waals surface area contributed by atoms with Gasteiger partial charge in [0.05, 0.1) is 6.04 Å². The molecule has 0 spiro atoms. The van der Waals surface area contributed by atoms with E-state index in [2.05, 4.69) is 43.4 Å². The minimum Gasteiger partial charge on any atom is -0.349 e. The van der Waals surface area contributed by atoms with Crippen molar-refractivity contribution in [1.82, 2.24) is 5.32 Å². The van der Waals surface area contributed by atoms with Gasteiger partial charge in [-0.25, -0.2) is 0 Å². The molecule has 0 saturated heterocycles. The van der Waals surface area contributed by atoms with E-state index in [9.17, 15) is 4.79 Å². The lowest BCUT2D eigenvalue weighted by Gasteiger charge is -2.19. The lowest BCUT2D eigenvalue weighted by molar-refractivity contribution is -0.121. The summed E-state index contributed by atoms with van der Waals surface area (Å²) in [4.78, 5) is 11.8. The van der Waals surface area contributed by atoms with Crippen molar-refractivity contribution in [2.24, 2.45) is 17.6 Å². The summed E-state index contributed by atoms with van der Waals surface area (Å²) in [7, 11) is 0. The SMILES string of the molecule is CC(C)Cc1ccc(C(NC(=O)CCN)C2CC2)cc1.Cl. The van der Waals surface area contributed by atoms with Crippen LogP contribution in [0.2, 0.25) is 0 Å². The van der Waals surface area contributed by atoms with Gasteiger partial charge in [-0.1, -0.05) is 38.1 Å². The maximum atomic E-state index is 11.8. The minimum absolute atomic E-state index is 0. The molecule has 3 N–H and O–H groups in total. The molecule has 21 heavy (non-hydrogen) atoms. The van der Waals surface area contributed by atoms with Gasteiger partial charge in [0.25, 0.3) is 0 Å². The lowest BCUT2D eigenvalue weighted by atomic mass is 9.97. The van der Waals surface area contributed by atoms with Crippen LogP contribution in [-0.2, 0) is 11.2 Å². The molecule has 1 saturated carbocycles. The van der Waals surface area contributed by atoms with Gasteiger partial charge in [0.2, 0.25) is 5.91 Å². The van der Waals surface area contributed by atoms with E-state index in [1.54, 1.807) is 0 Å². The average Bonchev–Trinajstić information content (AvgIpc) is 3.21. The van der Waals surface area contributed by atoms with Crippen molar-refractivity contribution in [1.29, 1.82) is 0 Å². The first kappa shape index (κ1) is 18.0. The molecule has 1 unspecified atom stereocenters. The minimum atomic E-state index is 0. The zero-order valence-electron chi connectivity index (χ0n) is 13.0. The van der Waals surface area contributed by atoms with Crippen LogP contribution in [0.3, 0.4) is 0 Å². The van der Waals surface area contributed by atoms with Gasteiger partial charge in [-0.15, -0.1) is 12.4 Å². The van der Waals surface area contributed by atoms with Crippen LogP contribution in [0.15, 0.2) is 24.3 Å². The summed E-state index contributed by atoms with van der Waals surface area (Å²) >= 11 is 0. The first-order valence-corrected chi connectivity index (χ1v) is 7.68. The molecule has 1 aromatic rings. The summed E-state index contributed by atoms with van der Waals surface area (Å²) in [5.41, 5.74) is 8.04. The second kappa shape index (κ2) is 8.40. The zero-order chi connectivity index (χ0) is 14.5. The highest BCUT2D eigenvalue weighted by atomic mass is 35.5. The molecule has 0 aromatic heterocycles. The summed E-state index contributed by atoms with van der Waals surface area (Å²) in [6.07, 6.45) is 3.94. The molecule has 1 atom stereocenters. The largest absolute Gasteiger partial charge is 0.349 e. The standard InChI is InChI=1S/C17H26N2O.ClH/c1-12(2)11-13-3-5-14(6-4-13)17(15-7-8-15)19-16(20)9-10-18;/h3-6,12,15,17H,7-11,18H2,1-2H3,(H,19,20);1H. The van der Waals surface area contributed by atoms with Crippen LogP contribution in [0.25, 0.3) is 0 Å². The zero-order valence-corrected chi connectivity index (χ0v) is 13.8. The van der Waals surface area contributed by atoms with Crippen LogP contribution in [0.4, 0.5) is 0 Å². The van der Waals surface area contributed by atoms with Crippen LogP contribution in [0.5, 0.6) is 0 Å². The van der Waals surface area contributed by atoms with Crippen molar-refractivity contribution >= 4 is 18.3 Å². The Balaban J connectivity index is 0.00000220. The molecule has 1 aliphatic rings. The van der Waals surface area contributed by atoms with Crippen molar-refractivity contribution in [2.75, 3.05) is 6.54 Å². The third kappa shape index (κ3) is 5.68. The number of hydrogen-bond acceptors (Lipinski definition) is 2. The number of rotatable bonds is 7. The van der Waals surface area contributed by atoms with Gasteiger partial charge >= 0.3 is 0 Å². The second-order valence-corrected chi connectivity index (χ2v) is 6.26. The van der Waals surface area contributed by atoms with Gasteiger partial charge in [0, 0.05) is 13.0 Å². The number of amides is 1. The highest BCUT2D eigenvalue weighted by Crippen LogP contribution is 2.41. The maximum absolute atomic E-state index is 11.8. The third-order valence-corrected chi connectivity index (χ3v) is 3.76. The van der Waals surface area contributed by atoms with Gasteiger partial charge in [-0.3, -0.25) is 4.79 Å². The van der Waals surface area contributed by atoms with Crippen molar-refractivity contribution < 1.29 is 4.79 Å². The van der Waals surface area contributed by atoms with Crippen molar-refractivity contribution in [2.45, 2.75) is 45.6 Å². The second-order valence-electron chi connectivity index (χ2n) is 6.26. The van der Waals surface area contributed by atoms with Crippen molar-refractivity contribution in [3.8, 4) is 0 Å². The third-order valence-electron chi connectivity index (χ3n) is 3.76. The van der Waals surface area contributed by atoms with E-state index < -0.39 is 0 Å². The van der Waals surface area contributed by atoms with E-state index in [0.29, 0.717) is 24.8 Å². The topological polar surface area (TPSA) is 55.1 Å². The van der Waals surface area contributed by atoms with Crippen LogP contribution in [0.1, 0.15) is 50.3 Å². The van der Waals surface area contributed by atoms with Gasteiger partial charge in [0.15, 0.2) is 0 Å². The highest BCUT2D eigenvalue weighted by Gasteiger charge is 2.33. The highest BCUT2D eigenvalue weighted by molar-refractivity contribution is 5.85. The summed E-state index contributed by atoms with van der Waals surface area (Å²) in [6.45, 7) is 4.87. The van der Waals surface area contributed by atoms with Gasteiger partial charge in [0.1, 0.15) is 0 Å². The van der Waals surface area contributed by atoms with Crippen LogP contribution in [0, 0.1) is 11.8 Å². The van der Waals surface area contributed by atoms with Gasteiger partial charge in [-0.05, 0) is 42.2 Å². The molecule has 118 valence electrons. The molecule has 1 fully saturated rings. The van der Waals surface area contributed by atoms with E-state index in [1.807, 2.05) is 0 Å². The Kier molecular flexibility index (Phi) is 7.20. The molecule has 2 rings (SSSR count). The fourth-order valence-electron chi connectivity index (χ4n) is 2.61. The van der Waals surface area contributed by atoms with Crippen LogP contribution >= 0.6 is 12.4 Å². The molecule has 3 nitrogen and oxygen atoms in total. The quantitative estimate of drug-likeness (QED) is 0.812. The molecular formula is C17H27ClN2O. The first-order valence-electron chi connectivity index (χ1n) is 7.68. The van der Waals surface area contributed by atoms with Crippen molar-refractivity contribution in [3.05, 3.63) is 35.4 Å². The molecule has 1 amide bonds. The first-order chi connectivity index (χ1) is 9.60. The van der Waals surface area contributed by atoms with Gasteiger partial charge in [-0.2, -0.15) is 0 Å². The number of benzene rings is 1. The fourth-order valence-corrected chi connectivity index (χ4v) is 2.61. The molecule has 0 aliphatic heterocycles. The Hall–Kier alpha value is -1.06. The summed E-state index contributed by atoms with van der Waals surface area (Å²) < 4.78 is 0. The monoisotopic (exact) mass is 310 g/mol. The Labute approximate surface area is 134 Å². The number of halogens is 1. The Morgan fingerprint density at radius 1 is 1.29 bits per heavy atom. The van der Waals surface area contributed by atoms with E-state index >= 15 is 0 Å². The van der Waals surface area contributed by atoms with Crippen LogP contribution < -0.4 is 11.1 Å². The van der Waals surface area contributed by atoms with Gasteiger partial charge < -0.3 is 11.1 Å². The Morgan fingerprint density at radius 3 is 2.38 bits per heavy atom. The van der Waals surface area contributed by atoms with E-state index in [0.717, 1.165) is 6.42 Å². The average molecular weight is 311 g/mol. The number of carbonyl (C=O) groups is 1. The summed E-state index contributed by atoms with van der Waals surface area (Å²) in [5, 5.41) is 3.14. The van der Waals surface area contributed by atoms with E-state index in [-0.39, 0.29) is 24.4 Å². The molecule has 0 bridgehead atoms. The fraction of sp³-hybridized carbons (Fsp3) is 0.588. The predicted octanol–water partition coefficient (Wildman–Crippen LogP) is 3.22. The van der Waals surface area contributed by atoms with E-state index in [4.69, 9.17) is 5.73 Å². The van der Waals surface area contributed by atoms with Crippen molar-refractivity contribution in [3.63, 3.8) is 0 Å². The summed E-state index contributed by atoms with van der Waals surface area (Å²) in [5.74, 6) is 1.34. The molecular weight excluding hydrogens is 284 g/mol. The Bertz CT molecular complexity index is 441. The number of nitrogens with one attached hydrogen (secondary N) is 1. The Morgan fingerprint density at radius 2 is 1.90 bits per heavy atom. The number of nitrogens with two attached hydrogens (primary N) is 1. The summed E-state index contributed by atoms with van der Waals surface area (Å²) in [6, 6.07) is 8.90. The lowest BCUT2D eigenvalue weighted by Crippen LogP contribution is -2.31. The van der Waals surface area contributed by atoms with Crippen LogP contribution in [-0.4, -0.2) is 12.5 Å².